The molecule has 0 saturated heterocycles. The van der Waals surface area contributed by atoms with Crippen molar-refractivity contribution in [1.82, 2.24) is 4.98 Å². The summed E-state index contributed by atoms with van der Waals surface area (Å²) in [5.41, 5.74) is 1.75. The molecule has 0 atom stereocenters. The Balaban J connectivity index is 1.52. The van der Waals surface area contributed by atoms with Crippen LogP contribution in [0.1, 0.15) is 11.1 Å². The highest BCUT2D eigenvalue weighted by atomic mass is 32.9. The van der Waals surface area contributed by atoms with Gasteiger partial charge >= 0.3 is 0 Å². The van der Waals surface area contributed by atoms with Gasteiger partial charge < -0.3 is 10.1 Å². The van der Waals surface area contributed by atoms with Gasteiger partial charge in [-0.2, -0.15) is 4.98 Å². The number of carbonyl (C=O) groups is 1. The molecule has 0 bridgehead atoms. The van der Waals surface area contributed by atoms with Crippen molar-refractivity contribution in [3.05, 3.63) is 69.4 Å². The Morgan fingerprint density at radius 3 is 2.40 bits per heavy atom. The number of rotatable bonds is 6. The molecule has 1 heterocycles. The molecule has 3 rings (SSSR count). The fourth-order valence-corrected chi connectivity index (χ4v) is 3.92. The Morgan fingerprint density at radius 2 is 1.76 bits per heavy atom. The monoisotopic (exact) mass is 392 g/mol. The number of nitrogens with zero attached hydrogens (tertiary/aromatic N) is 1. The van der Waals surface area contributed by atoms with E-state index >= 15 is 0 Å². The number of aromatic nitrogens is 1. The minimum Gasteiger partial charge on any atom is -0.489 e. The van der Waals surface area contributed by atoms with Gasteiger partial charge in [0.25, 0.3) is 0 Å². The highest BCUT2D eigenvalue weighted by Gasteiger charge is 2.07. The molecule has 0 saturated carbocycles. The van der Waals surface area contributed by atoms with E-state index in [1.54, 1.807) is 24.3 Å². The maximum Gasteiger partial charge on any atom is 0.230 e. The first kappa shape index (κ1) is 17.7. The van der Waals surface area contributed by atoms with Gasteiger partial charge in [0.15, 0.2) is 3.95 Å². The Labute approximate surface area is 156 Å². The summed E-state index contributed by atoms with van der Waals surface area (Å²) in [7, 11) is 2.70. The quantitative estimate of drug-likeness (QED) is 0.482. The molecule has 0 aliphatic carbocycles. The number of halogens is 1. The van der Waals surface area contributed by atoms with E-state index in [1.165, 1.54) is 32.8 Å². The first-order valence-electron chi connectivity index (χ1n) is 7.32. The number of benzene rings is 2. The zero-order chi connectivity index (χ0) is 17.6. The molecule has 0 aliphatic rings. The molecule has 0 unspecified atom stereocenters. The standard InChI is InChI=1S/C17H13FN2O2S3/c18-13-5-1-12(2-6-13)10-22-14-7-3-11(4-8-14)9-15(21)19-16-20-17(23)25-24-16/h1-8H,9-10H2,(H,19,20,21,23). The number of hydrogen-bond donors (Lipinski definition) is 1. The highest BCUT2D eigenvalue weighted by Crippen LogP contribution is 2.19. The molecular weight excluding hydrogens is 379 g/mol. The third-order valence-corrected chi connectivity index (χ3v) is 5.76. The van der Waals surface area contributed by atoms with Gasteiger partial charge in [0.2, 0.25) is 11.0 Å². The SMILES string of the molecule is O=C(Cc1ccc(OCc2ccc(F)cc2)cc1)Nc1nc(=S)ss1. The summed E-state index contributed by atoms with van der Waals surface area (Å²) in [6.07, 6.45) is 0.245. The van der Waals surface area contributed by atoms with Crippen molar-refractivity contribution in [2.24, 2.45) is 0 Å². The molecule has 2 aromatic carbocycles. The predicted octanol–water partition coefficient (Wildman–Crippen LogP) is 4.83. The van der Waals surface area contributed by atoms with E-state index in [9.17, 15) is 9.18 Å². The van der Waals surface area contributed by atoms with E-state index in [4.69, 9.17) is 17.0 Å². The zero-order valence-corrected chi connectivity index (χ0v) is 15.3. The number of carbonyl (C=O) groups excluding carboxylic acids is 1. The Hall–Kier alpha value is -2.16. The average Bonchev–Trinajstić information content (AvgIpc) is 3.00. The molecule has 4 nitrogen and oxygen atoms in total. The Bertz CT molecular complexity index is 905. The summed E-state index contributed by atoms with van der Waals surface area (Å²) in [6.45, 7) is 0.356. The molecule has 0 spiro atoms. The van der Waals surface area contributed by atoms with Crippen LogP contribution in [-0.2, 0) is 17.8 Å². The fraction of sp³-hybridized carbons (Fsp3) is 0.118. The Kier molecular flexibility index (Phi) is 5.85. The molecule has 25 heavy (non-hydrogen) atoms. The summed E-state index contributed by atoms with van der Waals surface area (Å²) in [5.74, 6) is 0.274. The second-order valence-electron chi connectivity index (χ2n) is 5.13. The lowest BCUT2D eigenvalue weighted by Gasteiger charge is -2.07. The van der Waals surface area contributed by atoms with Gasteiger partial charge in [0.1, 0.15) is 18.2 Å². The first-order chi connectivity index (χ1) is 12.1. The van der Waals surface area contributed by atoms with Crippen molar-refractivity contribution >= 4 is 43.9 Å². The molecule has 0 aliphatic heterocycles. The summed E-state index contributed by atoms with van der Waals surface area (Å²) in [5, 5.41) is 3.25. The summed E-state index contributed by atoms with van der Waals surface area (Å²) < 4.78 is 19.0. The maximum absolute atomic E-state index is 12.9. The lowest BCUT2D eigenvalue weighted by molar-refractivity contribution is -0.115. The average molecular weight is 393 g/mol. The molecule has 3 aromatic rings. The molecule has 0 fully saturated rings. The molecule has 1 amide bonds. The number of hydrogen-bond acceptors (Lipinski definition) is 6. The van der Waals surface area contributed by atoms with Gasteiger partial charge in [-0.05, 0) is 68.3 Å². The summed E-state index contributed by atoms with van der Waals surface area (Å²) in [6, 6.07) is 13.4. The number of amides is 1. The highest BCUT2D eigenvalue weighted by molar-refractivity contribution is 7.79. The molecule has 8 heteroatoms. The third kappa shape index (κ3) is 5.42. The number of anilines is 1. The van der Waals surface area contributed by atoms with Gasteiger partial charge in [-0.3, -0.25) is 4.79 Å². The fourth-order valence-electron chi connectivity index (χ4n) is 2.04. The van der Waals surface area contributed by atoms with Crippen LogP contribution in [0.15, 0.2) is 48.5 Å². The second kappa shape index (κ2) is 8.28. The number of ether oxygens (including phenoxy) is 1. The lowest BCUT2D eigenvalue weighted by Crippen LogP contribution is -2.14. The molecule has 1 aromatic heterocycles. The van der Waals surface area contributed by atoms with E-state index < -0.39 is 0 Å². The normalized spacial score (nSPS) is 10.4. The molecule has 128 valence electrons. The van der Waals surface area contributed by atoms with Crippen molar-refractivity contribution in [2.75, 3.05) is 5.32 Å². The van der Waals surface area contributed by atoms with Crippen LogP contribution in [0.3, 0.4) is 0 Å². The van der Waals surface area contributed by atoms with Crippen LogP contribution in [0.5, 0.6) is 5.75 Å². The largest absolute Gasteiger partial charge is 0.489 e. The number of nitrogens with one attached hydrogen (secondary N) is 1. The van der Waals surface area contributed by atoms with Crippen molar-refractivity contribution in [1.29, 1.82) is 0 Å². The smallest absolute Gasteiger partial charge is 0.230 e. The van der Waals surface area contributed by atoms with Crippen LogP contribution >= 0.6 is 32.9 Å². The maximum atomic E-state index is 12.9. The van der Waals surface area contributed by atoms with Crippen LogP contribution in [-0.4, -0.2) is 10.9 Å². The summed E-state index contributed by atoms with van der Waals surface area (Å²) in [4.78, 5) is 16.0. The van der Waals surface area contributed by atoms with E-state index in [0.717, 1.165) is 11.1 Å². The Morgan fingerprint density at radius 1 is 1.08 bits per heavy atom. The van der Waals surface area contributed by atoms with Gasteiger partial charge in [0, 0.05) is 0 Å². The lowest BCUT2D eigenvalue weighted by atomic mass is 10.1. The van der Waals surface area contributed by atoms with E-state index in [0.29, 0.717) is 21.4 Å². The zero-order valence-electron chi connectivity index (χ0n) is 12.9. The summed E-state index contributed by atoms with van der Waals surface area (Å²) >= 11 is 4.93. The predicted molar refractivity (Wildman–Crippen MR) is 100 cm³/mol. The van der Waals surface area contributed by atoms with Gasteiger partial charge in [-0.1, -0.05) is 24.3 Å². The van der Waals surface area contributed by atoms with Crippen LogP contribution < -0.4 is 10.1 Å². The van der Waals surface area contributed by atoms with Crippen molar-refractivity contribution in [3.8, 4) is 5.75 Å². The van der Waals surface area contributed by atoms with E-state index in [2.05, 4.69) is 10.3 Å². The van der Waals surface area contributed by atoms with Crippen LogP contribution in [0.4, 0.5) is 9.52 Å². The van der Waals surface area contributed by atoms with Gasteiger partial charge in [-0.15, -0.1) is 0 Å². The van der Waals surface area contributed by atoms with Crippen molar-refractivity contribution < 1.29 is 13.9 Å². The van der Waals surface area contributed by atoms with Gasteiger partial charge in [-0.25, -0.2) is 4.39 Å². The van der Waals surface area contributed by atoms with Crippen LogP contribution in [0.2, 0.25) is 0 Å². The molecule has 0 radical (unpaired) electrons. The van der Waals surface area contributed by atoms with Crippen LogP contribution in [0, 0.1) is 9.77 Å². The minimum absolute atomic E-state index is 0.142. The second-order valence-corrected chi connectivity index (χ2v) is 7.89. The topological polar surface area (TPSA) is 51.2 Å². The molecule has 1 N–H and O–H groups in total. The van der Waals surface area contributed by atoms with Crippen molar-refractivity contribution in [3.63, 3.8) is 0 Å². The van der Waals surface area contributed by atoms with E-state index in [-0.39, 0.29) is 18.1 Å². The third-order valence-electron chi connectivity index (χ3n) is 3.24. The van der Waals surface area contributed by atoms with Crippen molar-refractivity contribution in [2.45, 2.75) is 13.0 Å². The van der Waals surface area contributed by atoms with E-state index in [1.807, 2.05) is 12.1 Å². The minimum atomic E-state index is -0.270. The van der Waals surface area contributed by atoms with Crippen LogP contribution in [0.25, 0.3) is 0 Å². The van der Waals surface area contributed by atoms with Gasteiger partial charge in [0.05, 0.1) is 6.42 Å². The molecular formula is C17H13FN2O2S3. The first-order valence-corrected chi connectivity index (χ1v) is 9.87.